The van der Waals surface area contributed by atoms with Crippen molar-refractivity contribution in [3.8, 4) is 11.4 Å². The highest BCUT2D eigenvalue weighted by atomic mass is 19.4. The molecule has 0 spiro atoms. The lowest BCUT2D eigenvalue weighted by atomic mass is 9.97. The summed E-state index contributed by atoms with van der Waals surface area (Å²) in [5.41, 5.74) is 0.864. The lowest BCUT2D eigenvalue weighted by Crippen LogP contribution is -2.61. The zero-order valence-corrected chi connectivity index (χ0v) is 22.7. The van der Waals surface area contributed by atoms with Gasteiger partial charge >= 0.3 is 6.36 Å². The van der Waals surface area contributed by atoms with E-state index in [4.69, 9.17) is 4.74 Å². The SMILES string of the molecule is CC(C(=O)Nc1cc(-n2cnc3cc(N4CCN(C=O)CC4)ccc3c2=O)ccc1OC(F)(F)F)N1CC2CC(C1)O2. The molecule has 0 saturated carbocycles. The number of carbonyl (C=O) groups excluding carboxylic acids is 2. The first-order valence-electron chi connectivity index (χ1n) is 13.6. The summed E-state index contributed by atoms with van der Waals surface area (Å²) in [7, 11) is 0. The van der Waals surface area contributed by atoms with Gasteiger partial charge < -0.3 is 24.6 Å². The Labute approximate surface area is 238 Å². The maximum atomic E-state index is 13.4. The predicted octanol–water partition coefficient (Wildman–Crippen LogP) is 2.36. The molecule has 42 heavy (non-hydrogen) atoms. The Morgan fingerprint density at radius 1 is 1.10 bits per heavy atom. The van der Waals surface area contributed by atoms with E-state index in [0.717, 1.165) is 24.6 Å². The average molecular weight is 587 g/mol. The molecule has 2 aromatic carbocycles. The standard InChI is InChI=1S/C28H29F3N6O5/c1-17(36-13-20-12-21(14-36)41-20)26(39)33-24-11-19(3-5-25(24)42-28(29,30)31)37-15-32-23-10-18(2-4-22(23)27(37)40)35-8-6-34(16-38)7-9-35/h2-5,10-11,15-17,20-21H,6-9,12-14H2,1H3,(H,33,39). The molecule has 4 fully saturated rings. The van der Waals surface area contributed by atoms with E-state index >= 15 is 0 Å². The number of nitrogens with zero attached hydrogens (tertiary/aromatic N) is 5. The Bertz CT molecular complexity index is 1560. The molecule has 11 nitrogen and oxygen atoms in total. The van der Waals surface area contributed by atoms with Gasteiger partial charge in [0.15, 0.2) is 5.75 Å². The normalized spacial score (nSPS) is 21.5. The zero-order chi connectivity index (χ0) is 29.6. The highest BCUT2D eigenvalue weighted by molar-refractivity contribution is 5.96. The smallest absolute Gasteiger partial charge is 0.404 e. The Balaban J connectivity index is 1.27. The van der Waals surface area contributed by atoms with Crippen molar-refractivity contribution in [2.45, 2.75) is 38.0 Å². The first-order chi connectivity index (χ1) is 20.1. The van der Waals surface area contributed by atoms with Crippen molar-refractivity contribution in [1.29, 1.82) is 0 Å². The quantitative estimate of drug-likeness (QED) is 0.421. The fraction of sp³-hybridized carbons (Fsp3) is 0.429. The molecule has 222 valence electrons. The Kier molecular flexibility index (Phi) is 7.27. The number of morpholine rings is 1. The first kappa shape index (κ1) is 28.0. The molecule has 1 aromatic heterocycles. The van der Waals surface area contributed by atoms with Gasteiger partial charge in [-0.1, -0.05) is 0 Å². The topological polar surface area (TPSA) is 109 Å². The van der Waals surface area contributed by atoms with E-state index in [2.05, 4.69) is 19.9 Å². The largest absolute Gasteiger partial charge is 0.573 e. The summed E-state index contributed by atoms with van der Waals surface area (Å²) in [4.78, 5) is 47.7. The summed E-state index contributed by atoms with van der Waals surface area (Å²) in [5, 5.41) is 2.88. The number of hydrogen-bond acceptors (Lipinski definition) is 8. The molecule has 1 N–H and O–H groups in total. The summed E-state index contributed by atoms with van der Waals surface area (Å²) in [5.74, 6) is -1.11. The molecule has 4 aliphatic heterocycles. The minimum atomic E-state index is -4.99. The van der Waals surface area contributed by atoms with Crippen LogP contribution < -0.4 is 20.5 Å². The number of halogens is 3. The third kappa shape index (κ3) is 5.63. The first-order valence-corrected chi connectivity index (χ1v) is 13.6. The van der Waals surface area contributed by atoms with Gasteiger partial charge in [0.2, 0.25) is 12.3 Å². The molecule has 4 saturated heterocycles. The average Bonchev–Trinajstić information content (AvgIpc) is 2.97. The van der Waals surface area contributed by atoms with Gasteiger partial charge in [0.25, 0.3) is 5.56 Å². The number of piperazine rings is 1. The summed E-state index contributed by atoms with van der Waals surface area (Å²) in [6, 6.07) is 8.24. The van der Waals surface area contributed by atoms with Crippen LogP contribution in [-0.2, 0) is 14.3 Å². The van der Waals surface area contributed by atoms with Crippen LogP contribution in [0.2, 0.25) is 0 Å². The second-order valence-corrected chi connectivity index (χ2v) is 10.7. The van der Waals surface area contributed by atoms with Gasteiger partial charge in [-0.3, -0.25) is 23.9 Å². The van der Waals surface area contributed by atoms with E-state index in [0.29, 0.717) is 50.2 Å². The summed E-state index contributed by atoms with van der Waals surface area (Å²) >= 11 is 0. The zero-order valence-electron chi connectivity index (χ0n) is 22.7. The van der Waals surface area contributed by atoms with E-state index in [9.17, 15) is 27.6 Å². The van der Waals surface area contributed by atoms with Gasteiger partial charge in [-0.05, 0) is 43.3 Å². The molecule has 3 unspecified atom stereocenters. The monoisotopic (exact) mass is 586 g/mol. The van der Waals surface area contributed by atoms with Gasteiger partial charge in [0.05, 0.1) is 40.5 Å². The lowest BCUT2D eigenvalue weighted by molar-refractivity contribution is -0.274. The van der Waals surface area contributed by atoms with E-state index in [-0.39, 0.29) is 23.6 Å². The van der Waals surface area contributed by atoms with Gasteiger partial charge in [-0.25, -0.2) is 4.98 Å². The number of nitrogens with one attached hydrogen (secondary N) is 1. The Morgan fingerprint density at radius 3 is 2.45 bits per heavy atom. The lowest BCUT2D eigenvalue weighted by Gasteiger charge is -2.48. The number of anilines is 2. The number of aromatic nitrogens is 2. The molecule has 3 aromatic rings. The summed E-state index contributed by atoms with van der Waals surface area (Å²) < 4.78 is 50.5. The van der Waals surface area contributed by atoms with E-state index < -0.39 is 29.6 Å². The molecular weight excluding hydrogens is 557 g/mol. The van der Waals surface area contributed by atoms with Crippen molar-refractivity contribution < 1.29 is 32.2 Å². The highest BCUT2D eigenvalue weighted by Crippen LogP contribution is 2.33. The molecular formula is C28H29F3N6O5. The fourth-order valence-corrected chi connectivity index (χ4v) is 5.66. The second-order valence-electron chi connectivity index (χ2n) is 10.7. The number of fused-ring (bicyclic) bond motifs is 3. The van der Waals surface area contributed by atoms with E-state index in [1.807, 2.05) is 4.90 Å². The fourth-order valence-electron chi connectivity index (χ4n) is 5.66. The third-order valence-electron chi connectivity index (χ3n) is 8.01. The number of rotatable bonds is 7. The van der Waals surface area contributed by atoms with Crippen LogP contribution in [0, 0.1) is 0 Å². The highest BCUT2D eigenvalue weighted by Gasteiger charge is 2.41. The Morgan fingerprint density at radius 2 is 1.79 bits per heavy atom. The minimum Gasteiger partial charge on any atom is -0.404 e. The number of amides is 2. The third-order valence-corrected chi connectivity index (χ3v) is 8.01. The molecule has 7 rings (SSSR count). The van der Waals surface area contributed by atoms with Gasteiger partial charge in [-0.15, -0.1) is 13.2 Å². The maximum absolute atomic E-state index is 13.4. The molecule has 2 amide bonds. The molecule has 0 aliphatic carbocycles. The van der Waals surface area contributed by atoms with Gasteiger partial charge in [-0.2, -0.15) is 0 Å². The number of ether oxygens (including phenoxy) is 2. The maximum Gasteiger partial charge on any atom is 0.573 e. The van der Waals surface area contributed by atoms with Crippen LogP contribution in [-0.4, -0.2) is 95.5 Å². The van der Waals surface area contributed by atoms with Gasteiger partial charge in [0.1, 0.15) is 6.33 Å². The van der Waals surface area contributed by atoms with Gasteiger partial charge in [0, 0.05) is 51.4 Å². The van der Waals surface area contributed by atoms with Crippen molar-refractivity contribution in [2.75, 3.05) is 49.5 Å². The summed E-state index contributed by atoms with van der Waals surface area (Å²) in [6.07, 6.45) is -1.81. The molecule has 2 bridgehead atoms. The second kappa shape index (κ2) is 10.9. The van der Waals surface area contributed by atoms with E-state index in [1.165, 1.54) is 23.0 Å². The molecule has 5 heterocycles. The van der Waals surface area contributed by atoms with Crippen LogP contribution in [0.15, 0.2) is 47.5 Å². The van der Waals surface area contributed by atoms with Crippen LogP contribution in [0.1, 0.15) is 13.3 Å². The van der Waals surface area contributed by atoms with Crippen LogP contribution in [0.4, 0.5) is 24.5 Å². The van der Waals surface area contributed by atoms with Crippen molar-refractivity contribution in [2.24, 2.45) is 0 Å². The van der Waals surface area contributed by atoms with Crippen LogP contribution in [0.5, 0.6) is 5.75 Å². The summed E-state index contributed by atoms with van der Waals surface area (Å²) in [6.45, 7) is 5.28. The van der Waals surface area contributed by atoms with Crippen molar-refractivity contribution >= 4 is 34.6 Å². The minimum absolute atomic E-state index is 0.0579. The van der Waals surface area contributed by atoms with Crippen LogP contribution in [0.25, 0.3) is 16.6 Å². The van der Waals surface area contributed by atoms with E-state index in [1.54, 1.807) is 30.0 Å². The number of benzene rings is 2. The molecule has 0 radical (unpaired) electrons. The molecule has 14 heteroatoms. The molecule has 3 atom stereocenters. The number of hydrogen-bond donors (Lipinski definition) is 1. The van der Waals surface area contributed by atoms with Crippen molar-refractivity contribution in [3.05, 3.63) is 53.1 Å². The van der Waals surface area contributed by atoms with Crippen molar-refractivity contribution in [1.82, 2.24) is 19.4 Å². The predicted molar refractivity (Wildman–Crippen MR) is 147 cm³/mol. The number of carbonyl (C=O) groups is 2. The van der Waals surface area contributed by atoms with Crippen molar-refractivity contribution in [3.63, 3.8) is 0 Å². The number of piperidine rings is 1. The Hall–Kier alpha value is -4.17. The number of alkyl halides is 3. The molecule has 4 aliphatic rings. The van der Waals surface area contributed by atoms with Crippen LogP contribution in [0.3, 0.4) is 0 Å². The van der Waals surface area contributed by atoms with Crippen LogP contribution >= 0.6 is 0 Å².